The fraction of sp³-hybridized carbons (Fsp3) is 0.167. The standard InChI is InChI=1S/C12H12N2OS/c1-8(14-15)12-11(13-9(2)16-12)10-6-4-3-5-7-10/h3-7,15H,1-2H3/b14-8+. The molecule has 1 heterocycles. The van der Waals surface area contributed by atoms with Gasteiger partial charge in [-0.05, 0) is 13.8 Å². The monoisotopic (exact) mass is 232 g/mol. The van der Waals surface area contributed by atoms with Crippen LogP contribution in [-0.4, -0.2) is 15.9 Å². The van der Waals surface area contributed by atoms with Gasteiger partial charge < -0.3 is 5.21 Å². The lowest BCUT2D eigenvalue weighted by molar-refractivity contribution is 0.319. The third kappa shape index (κ3) is 1.97. The first kappa shape index (κ1) is 10.8. The van der Waals surface area contributed by atoms with E-state index in [1.807, 2.05) is 37.3 Å². The van der Waals surface area contributed by atoms with Gasteiger partial charge in [-0.15, -0.1) is 11.3 Å². The second-order valence-corrected chi connectivity index (χ2v) is 4.67. The SMILES string of the molecule is C/C(=N\O)c1sc(C)nc1-c1ccccc1. The Hall–Kier alpha value is -1.68. The predicted octanol–water partition coefficient (Wildman–Crippen LogP) is 3.32. The molecule has 3 nitrogen and oxygen atoms in total. The number of benzene rings is 1. The molecule has 0 spiro atoms. The van der Waals surface area contributed by atoms with Crippen LogP contribution in [0.4, 0.5) is 0 Å². The molecular weight excluding hydrogens is 220 g/mol. The van der Waals surface area contributed by atoms with E-state index in [0.717, 1.165) is 21.1 Å². The van der Waals surface area contributed by atoms with Crippen molar-refractivity contribution in [3.63, 3.8) is 0 Å². The molecule has 0 atom stereocenters. The number of rotatable bonds is 2. The summed E-state index contributed by atoms with van der Waals surface area (Å²) in [7, 11) is 0. The van der Waals surface area contributed by atoms with Crippen LogP contribution in [0.15, 0.2) is 35.5 Å². The average molecular weight is 232 g/mol. The molecule has 0 aliphatic rings. The third-order valence-corrected chi connectivity index (χ3v) is 3.34. The van der Waals surface area contributed by atoms with Crippen LogP contribution in [0.2, 0.25) is 0 Å². The number of nitrogens with zero attached hydrogens (tertiary/aromatic N) is 2. The largest absolute Gasteiger partial charge is 0.411 e. The lowest BCUT2D eigenvalue weighted by Crippen LogP contribution is -1.93. The Balaban J connectivity index is 2.57. The van der Waals surface area contributed by atoms with Crippen molar-refractivity contribution in [1.82, 2.24) is 4.98 Å². The number of oxime groups is 1. The Labute approximate surface area is 98.1 Å². The van der Waals surface area contributed by atoms with Crippen LogP contribution in [0.3, 0.4) is 0 Å². The summed E-state index contributed by atoms with van der Waals surface area (Å²) < 4.78 is 0. The van der Waals surface area contributed by atoms with E-state index in [1.165, 1.54) is 11.3 Å². The van der Waals surface area contributed by atoms with Crippen LogP contribution in [-0.2, 0) is 0 Å². The highest BCUT2D eigenvalue weighted by Crippen LogP contribution is 2.28. The van der Waals surface area contributed by atoms with Crippen molar-refractivity contribution in [2.45, 2.75) is 13.8 Å². The van der Waals surface area contributed by atoms with E-state index in [-0.39, 0.29) is 0 Å². The van der Waals surface area contributed by atoms with Crippen LogP contribution >= 0.6 is 11.3 Å². The highest BCUT2D eigenvalue weighted by atomic mass is 32.1. The lowest BCUT2D eigenvalue weighted by Gasteiger charge is -2.00. The van der Waals surface area contributed by atoms with Crippen LogP contribution in [0.25, 0.3) is 11.3 Å². The van der Waals surface area contributed by atoms with Gasteiger partial charge >= 0.3 is 0 Å². The van der Waals surface area contributed by atoms with Crippen molar-refractivity contribution >= 4 is 17.0 Å². The Morgan fingerprint density at radius 3 is 2.62 bits per heavy atom. The quantitative estimate of drug-likeness (QED) is 0.490. The van der Waals surface area contributed by atoms with Crippen LogP contribution in [0.1, 0.15) is 16.8 Å². The summed E-state index contributed by atoms with van der Waals surface area (Å²) in [6.07, 6.45) is 0. The molecule has 0 fully saturated rings. The van der Waals surface area contributed by atoms with E-state index >= 15 is 0 Å². The second-order valence-electron chi connectivity index (χ2n) is 3.46. The van der Waals surface area contributed by atoms with Gasteiger partial charge in [0.25, 0.3) is 0 Å². The first-order valence-electron chi connectivity index (χ1n) is 4.94. The van der Waals surface area contributed by atoms with Crippen molar-refractivity contribution in [1.29, 1.82) is 0 Å². The highest BCUT2D eigenvalue weighted by Gasteiger charge is 2.13. The molecule has 0 saturated heterocycles. The Morgan fingerprint density at radius 1 is 1.31 bits per heavy atom. The van der Waals surface area contributed by atoms with Crippen molar-refractivity contribution in [3.8, 4) is 11.3 Å². The molecule has 2 rings (SSSR count). The van der Waals surface area contributed by atoms with Gasteiger partial charge in [-0.25, -0.2) is 4.98 Å². The molecule has 0 aliphatic heterocycles. The molecule has 0 aliphatic carbocycles. The van der Waals surface area contributed by atoms with Gasteiger partial charge in [-0.3, -0.25) is 0 Å². The topological polar surface area (TPSA) is 45.5 Å². The number of hydrogen-bond acceptors (Lipinski definition) is 4. The molecule has 1 N–H and O–H groups in total. The lowest BCUT2D eigenvalue weighted by atomic mass is 10.1. The van der Waals surface area contributed by atoms with Gasteiger partial charge in [0.15, 0.2) is 0 Å². The maximum Gasteiger partial charge on any atom is 0.0959 e. The smallest absolute Gasteiger partial charge is 0.0959 e. The van der Waals surface area contributed by atoms with Crippen LogP contribution in [0.5, 0.6) is 0 Å². The minimum Gasteiger partial charge on any atom is -0.411 e. The molecule has 4 heteroatoms. The molecule has 1 aromatic carbocycles. The predicted molar refractivity (Wildman–Crippen MR) is 66.3 cm³/mol. The number of aryl methyl sites for hydroxylation is 1. The zero-order valence-corrected chi connectivity index (χ0v) is 9.95. The Bertz CT molecular complexity index is 517. The summed E-state index contributed by atoms with van der Waals surface area (Å²) in [5.74, 6) is 0. The summed E-state index contributed by atoms with van der Waals surface area (Å²) in [6.45, 7) is 3.73. The molecule has 2 aromatic rings. The molecule has 16 heavy (non-hydrogen) atoms. The first-order valence-corrected chi connectivity index (χ1v) is 5.76. The van der Waals surface area contributed by atoms with Gasteiger partial charge in [-0.1, -0.05) is 35.5 Å². The van der Waals surface area contributed by atoms with E-state index in [0.29, 0.717) is 5.71 Å². The molecule has 1 aromatic heterocycles. The van der Waals surface area contributed by atoms with E-state index in [9.17, 15) is 0 Å². The van der Waals surface area contributed by atoms with Gasteiger partial charge in [0.05, 0.1) is 21.3 Å². The number of aromatic nitrogens is 1. The van der Waals surface area contributed by atoms with E-state index < -0.39 is 0 Å². The first-order chi connectivity index (χ1) is 7.72. The second kappa shape index (κ2) is 4.45. The number of hydrogen-bond donors (Lipinski definition) is 1. The van der Waals surface area contributed by atoms with Gasteiger partial charge in [0.1, 0.15) is 0 Å². The zero-order chi connectivity index (χ0) is 11.5. The van der Waals surface area contributed by atoms with Gasteiger partial charge in [0.2, 0.25) is 0 Å². The van der Waals surface area contributed by atoms with E-state index in [1.54, 1.807) is 6.92 Å². The fourth-order valence-corrected chi connectivity index (χ4v) is 2.39. The minimum absolute atomic E-state index is 0.601. The molecule has 0 unspecified atom stereocenters. The molecule has 0 saturated carbocycles. The van der Waals surface area contributed by atoms with E-state index in [4.69, 9.17) is 5.21 Å². The van der Waals surface area contributed by atoms with Crippen molar-refractivity contribution in [3.05, 3.63) is 40.2 Å². The molecule has 0 amide bonds. The summed E-state index contributed by atoms with van der Waals surface area (Å²) in [5, 5.41) is 13.1. The maximum atomic E-state index is 8.84. The molecule has 0 radical (unpaired) electrons. The summed E-state index contributed by atoms with van der Waals surface area (Å²) in [6, 6.07) is 9.92. The normalized spacial score (nSPS) is 11.8. The van der Waals surface area contributed by atoms with Crippen molar-refractivity contribution in [2.24, 2.45) is 5.16 Å². The summed E-state index contributed by atoms with van der Waals surface area (Å²) in [4.78, 5) is 5.40. The van der Waals surface area contributed by atoms with Crippen molar-refractivity contribution < 1.29 is 5.21 Å². The average Bonchev–Trinajstić information content (AvgIpc) is 2.71. The minimum atomic E-state index is 0.601. The highest BCUT2D eigenvalue weighted by molar-refractivity contribution is 7.14. The molecule has 0 bridgehead atoms. The Kier molecular flexibility index (Phi) is 3.01. The molecular formula is C12H12N2OS. The Morgan fingerprint density at radius 2 is 2.00 bits per heavy atom. The van der Waals surface area contributed by atoms with Gasteiger partial charge in [-0.2, -0.15) is 0 Å². The summed E-state index contributed by atoms with van der Waals surface area (Å²) in [5.41, 5.74) is 2.53. The van der Waals surface area contributed by atoms with Crippen molar-refractivity contribution in [2.75, 3.05) is 0 Å². The van der Waals surface area contributed by atoms with Crippen LogP contribution in [0, 0.1) is 6.92 Å². The number of thiazole rings is 1. The van der Waals surface area contributed by atoms with Crippen LogP contribution < -0.4 is 0 Å². The molecule has 82 valence electrons. The fourth-order valence-electron chi connectivity index (χ4n) is 1.51. The zero-order valence-electron chi connectivity index (χ0n) is 9.14. The van der Waals surface area contributed by atoms with Gasteiger partial charge in [0, 0.05) is 5.56 Å². The third-order valence-electron chi connectivity index (χ3n) is 2.26. The maximum absolute atomic E-state index is 8.84. The summed E-state index contributed by atoms with van der Waals surface area (Å²) >= 11 is 1.54. The van der Waals surface area contributed by atoms with E-state index in [2.05, 4.69) is 10.1 Å².